The SMILES string of the molecule is CC(C)(C)N(CCC(=O)O)C(=O)c1cc(F)c(F)c(F)c1. The number of carboxylic acids is 1. The van der Waals surface area contributed by atoms with Gasteiger partial charge in [0.2, 0.25) is 0 Å². The molecule has 0 saturated heterocycles. The summed E-state index contributed by atoms with van der Waals surface area (Å²) >= 11 is 0. The zero-order valence-electron chi connectivity index (χ0n) is 11.9. The highest BCUT2D eigenvalue weighted by atomic mass is 19.2. The molecule has 0 aromatic heterocycles. The summed E-state index contributed by atoms with van der Waals surface area (Å²) in [6.07, 6.45) is -0.310. The lowest BCUT2D eigenvalue weighted by molar-refractivity contribution is -0.137. The maximum absolute atomic E-state index is 13.2. The minimum atomic E-state index is -1.65. The summed E-state index contributed by atoms with van der Waals surface area (Å²) in [5.41, 5.74) is -1.12. The first kappa shape index (κ1) is 17.0. The molecule has 1 aromatic carbocycles. The number of hydrogen-bond acceptors (Lipinski definition) is 2. The van der Waals surface area contributed by atoms with Crippen molar-refractivity contribution in [2.24, 2.45) is 0 Å². The smallest absolute Gasteiger partial charge is 0.305 e. The Morgan fingerprint density at radius 3 is 2.00 bits per heavy atom. The minimum Gasteiger partial charge on any atom is -0.481 e. The largest absolute Gasteiger partial charge is 0.481 e. The van der Waals surface area contributed by atoms with Gasteiger partial charge in [-0.05, 0) is 32.9 Å². The molecular formula is C14H16F3NO3. The van der Waals surface area contributed by atoms with E-state index in [0.717, 1.165) is 0 Å². The lowest BCUT2D eigenvalue weighted by Gasteiger charge is -2.35. The van der Waals surface area contributed by atoms with Crippen molar-refractivity contribution in [3.05, 3.63) is 35.1 Å². The van der Waals surface area contributed by atoms with Crippen LogP contribution in [0.15, 0.2) is 12.1 Å². The lowest BCUT2D eigenvalue weighted by Crippen LogP contribution is -2.46. The third-order valence-corrected chi connectivity index (χ3v) is 2.83. The average Bonchev–Trinajstić information content (AvgIpc) is 2.33. The molecule has 0 aliphatic heterocycles. The molecule has 0 fully saturated rings. The Kier molecular flexibility index (Phi) is 4.98. The second-order valence-electron chi connectivity index (χ2n) is 5.53. The third-order valence-electron chi connectivity index (χ3n) is 2.83. The van der Waals surface area contributed by atoms with Gasteiger partial charge in [-0.3, -0.25) is 9.59 Å². The molecule has 0 spiro atoms. The van der Waals surface area contributed by atoms with E-state index in [4.69, 9.17) is 5.11 Å². The van der Waals surface area contributed by atoms with Crippen LogP contribution in [0.1, 0.15) is 37.6 Å². The van der Waals surface area contributed by atoms with E-state index in [1.165, 1.54) is 4.90 Å². The van der Waals surface area contributed by atoms with Crippen LogP contribution in [-0.2, 0) is 4.79 Å². The summed E-state index contributed by atoms with van der Waals surface area (Å²) in [5, 5.41) is 8.70. The van der Waals surface area contributed by atoms with Gasteiger partial charge in [0, 0.05) is 17.6 Å². The van der Waals surface area contributed by atoms with Crippen molar-refractivity contribution in [2.75, 3.05) is 6.54 Å². The van der Waals surface area contributed by atoms with E-state index in [1.807, 2.05) is 0 Å². The lowest BCUT2D eigenvalue weighted by atomic mass is 10.0. The van der Waals surface area contributed by atoms with Crippen LogP contribution in [0.3, 0.4) is 0 Å². The molecule has 0 aliphatic rings. The molecule has 1 rings (SSSR count). The normalized spacial score (nSPS) is 11.3. The molecule has 1 amide bonds. The highest BCUT2D eigenvalue weighted by Gasteiger charge is 2.29. The van der Waals surface area contributed by atoms with E-state index in [9.17, 15) is 22.8 Å². The zero-order chi connectivity index (χ0) is 16.4. The van der Waals surface area contributed by atoms with Crippen LogP contribution in [0.5, 0.6) is 0 Å². The van der Waals surface area contributed by atoms with E-state index in [1.54, 1.807) is 20.8 Å². The average molecular weight is 303 g/mol. The number of benzene rings is 1. The maximum Gasteiger partial charge on any atom is 0.305 e. The molecule has 4 nitrogen and oxygen atoms in total. The van der Waals surface area contributed by atoms with Gasteiger partial charge in [0.15, 0.2) is 17.5 Å². The van der Waals surface area contributed by atoms with E-state index >= 15 is 0 Å². The Bertz CT molecular complexity index is 544. The third kappa shape index (κ3) is 4.21. The fraction of sp³-hybridized carbons (Fsp3) is 0.429. The number of rotatable bonds is 4. The fourth-order valence-corrected chi connectivity index (χ4v) is 1.78. The van der Waals surface area contributed by atoms with Crippen molar-refractivity contribution < 1.29 is 27.9 Å². The van der Waals surface area contributed by atoms with Crippen LogP contribution in [0.25, 0.3) is 0 Å². The molecule has 1 aromatic rings. The van der Waals surface area contributed by atoms with Gasteiger partial charge in [0.1, 0.15) is 0 Å². The highest BCUT2D eigenvalue weighted by molar-refractivity contribution is 5.95. The second-order valence-corrected chi connectivity index (χ2v) is 5.53. The van der Waals surface area contributed by atoms with Gasteiger partial charge < -0.3 is 10.0 Å². The van der Waals surface area contributed by atoms with Gasteiger partial charge >= 0.3 is 5.97 Å². The van der Waals surface area contributed by atoms with Crippen molar-refractivity contribution in [3.63, 3.8) is 0 Å². The van der Waals surface area contributed by atoms with Crippen LogP contribution in [0.4, 0.5) is 13.2 Å². The molecule has 0 aliphatic carbocycles. The molecule has 7 heteroatoms. The Hall–Kier alpha value is -2.05. The Morgan fingerprint density at radius 2 is 1.62 bits per heavy atom. The first-order valence-corrected chi connectivity index (χ1v) is 6.22. The van der Waals surface area contributed by atoms with Crippen molar-refractivity contribution in [1.29, 1.82) is 0 Å². The summed E-state index contributed by atoms with van der Waals surface area (Å²) in [6.45, 7) is 4.84. The van der Waals surface area contributed by atoms with Gasteiger partial charge in [-0.25, -0.2) is 13.2 Å². The Balaban J connectivity index is 3.14. The van der Waals surface area contributed by atoms with E-state index in [-0.39, 0.29) is 18.5 Å². The highest BCUT2D eigenvalue weighted by Crippen LogP contribution is 2.20. The zero-order valence-corrected chi connectivity index (χ0v) is 11.9. The van der Waals surface area contributed by atoms with Gasteiger partial charge in [-0.2, -0.15) is 0 Å². The summed E-state index contributed by atoms with van der Waals surface area (Å²) < 4.78 is 39.3. The van der Waals surface area contributed by atoms with Crippen LogP contribution in [0, 0.1) is 17.5 Å². The van der Waals surface area contributed by atoms with Crippen LogP contribution >= 0.6 is 0 Å². The number of aliphatic carboxylic acids is 1. The minimum absolute atomic E-state index is 0.127. The molecule has 116 valence electrons. The van der Waals surface area contributed by atoms with Crippen molar-refractivity contribution in [1.82, 2.24) is 4.90 Å². The molecule has 1 N–H and O–H groups in total. The summed E-state index contributed by atoms with van der Waals surface area (Å²) in [7, 11) is 0. The maximum atomic E-state index is 13.2. The van der Waals surface area contributed by atoms with Crippen LogP contribution in [-0.4, -0.2) is 34.0 Å². The monoisotopic (exact) mass is 303 g/mol. The summed E-state index contributed by atoms with van der Waals surface area (Å²) in [4.78, 5) is 24.1. The first-order valence-electron chi connectivity index (χ1n) is 6.22. The van der Waals surface area contributed by atoms with Crippen molar-refractivity contribution >= 4 is 11.9 Å². The van der Waals surface area contributed by atoms with Gasteiger partial charge in [0.25, 0.3) is 5.91 Å². The van der Waals surface area contributed by atoms with Crippen molar-refractivity contribution in [3.8, 4) is 0 Å². The second kappa shape index (κ2) is 6.15. The molecule has 0 radical (unpaired) electrons. The molecule has 21 heavy (non-hydrogen) atoms. The van der Waals surface area contributed by atoms with E-state index in [0.29, 0.717) is 12.1 Å². The predicted molar refractivity (Wildman–Crippen MR) is 69.4 cm³/mol. The topological polar surface area (TPSA) is 57.6 Å². The van der Waals surface area contributed by atoms with Crippen LogP contribution < -0.4 is 0 Å². The molecule has 0 heterocycles. The number of nitrogens with zero attached hydrogens (tertiary/aromatic N) is 1. The first-order chi connectivity index (χ1) is 9.54. The summed E-state index contributed by atoms with van der Waals surface area (Å²) in [5.74, 6) is -6.45. The fourth-order valence-electron chi connectivity index (χ4n) is 1.78. The van der Waals surface area contributed by atoms with Crippen molar-refractivity contribution in [2.45, 2.75) is 32.7 Å². The number of hydrogen-bond donors (Lipinski definition) is 1. The van der Waals surface area contributed by atoms with Crippen LogP contribution in [0.2, 0.25) is 0 Å². The predicted octanol–water partition coefficient (Wildman–Crippen LogP) is 2.82. The molecular weight excluding hydrogens is 287 g/mol. The molecule has 0 unspecified atom stereocenters. The molecule has 0 bridgehead atoms. The quantitative estimate of drug-likeness (QED) is 0.870. The number of amides is 1. The number of carbonyl (C=O) groups excluding carboxylic acids is 1. The Labute approximate surface area is 120 Å². The van der Waals surface area contributed by atoms with E-state index < -0.39 is 34.9 Å². The summed E-state index contributed by atoms with van der Waals surface area (Å²) in [6, 6.07) is 1.19. The number of carbonyl (C=O) groups is 2. The number of halogens is 3. The number of carboxylic acid groups (broad SMARTS) is 1. The Morgan fingerprint density at radius 1 is 1.14 bits per heavy atom. The molecule has 0 atom stereocenters. The molecule has 0 saturated carbocycles. The van der Waals surface area contributed by atoms with Gasteiger partial charge in [-0.15, -0.1) is 0 Å². The standard InChI is InChI=1S/C14H16F3NO3/c1-14(2,3)18(5-4-11(19)20)13(21)8-6-9(15)12(17)10(16)7-8/h6-7H,4-5H2,1-3H3,(H,19,20). The van der Waals surface area contributed by atoms with Gasteiger partial charge in [-0.1, -0.05) is 0 Å². The van der Waals surface area contributed by atoms with E-state index in [2.05, 4.69) is 0 Å². The van der Waals surface area contributed by atoms with Gasteiger partial charge in [0.05, 0.1) is 6.42 Å².